The molecule has 0 bridgehead atoms. The molecule has 18 heavy (non-hydrogen) atoms. The topological polar surface area (TPSA) is 50.9 Å². The van der Waals surface area contributed by atoms with E-state index < -0.39 is 0 Å². The van der Waals surface area contributed by atoms with Crippen LogP contribution in [-0.4, -0.2) is 17.6 Å². The SMILES string of the molecule is CC1C(N)CCC(CNCc2cscn2)C1(C)C. The summed E-state index contributed by atoms with van der Waals surface area (Å²) in [6.07, 6.45) is 2.40. The van der Waals surface area contributed by atoms with Crippen molar-refractivity contribution in [1.82, 2.24) is 10.3 Å². The van der Waals surface area contributed by atoms with Gasteiger partial charge >= 0.3 is 0 Å². The highest BCUT2D eigenvalue weighted by atomic mass is 32.1. The maximum Gasteiger partial charge on any atom is 0.0795 e. The minimum atomic E-state index is 0.326. The van der Waals surface area contributed by atoms with Crippen LogP contribution in [0.15, 0.2) is 10.9 Å². The number of nitrogens with one attached hydrogen (secondary N) is 1. The zero-order chi connectivity index (χ0) is 13.2. The molecule has 1 fully saturated rings. The van der Waals surface area contributed by atoms with Crippen molar-refractivity contribution in [2.24, 2.45) is 23.0 Å². The molecule has 0 aliphatic heterocycles. The van der Waals surface area contributed by atoms with Crippen LogP contribution in [0.2, 0.25) is 0 Å². The highest BCUT2D eigenvalue weighted by Gasteiger charge is 2.41. The maximum absolute atomic E-state index is 6.19. The Bertz CT molecular complexity index is 361. The summed E-state index contributed by atoms with van der Waals surface area (Å²) in [6.45, 7) is 8.99. The van der Waals surface area contributed by atoms with E-state index in [9.17, 15) is 0 Å². The van der Waals surface area contributed by atoms with Crippen molar-refractivity contribution in [1.29, 1.82) is 0 Å². The highest BCUT2D eigenvalue weighted by molar-refractivity contribution is 7.07. The molecule has 4 heteroatoms. The Morgan fingerprint density at radius 3 is 2.94 bits per heavy atom. The molecule has 1 aromatic rings. The van der Waals surface area contributed by atoms with Gasteiger partial charge in [-0.1, -0.05) is 20.8 Å². The van der Waals surface area contributed by atoms with Gasteiger partial charge in [-0.05, 0) is 36.6 Å². The molecule has 1 heterocycles. The summed E-state index contributed by atoms with van der Waals surface area (Å²) in [5, 5.41) is 5.66. The lowest BCUT2D eigenvalue weighted by atomic mass is 9.61. The van der Waals surface area contributed by atoms with Crippen LogP contribution in [-0.2, 0) is 6.54 Å². The van der Waals surface area contributed by atoms with E-state index >= 15 is 0 Å². The fraction of sp³-hybridized carbons (Fsp3) is 0.786. The number of rotatable bonds is 4. The minimum Gasteiger partial charge on any atom is -0.327 e. The number of hydrogen-bond donors (Lipinski definition) is 2. The number of thiazole rings is 1. The molecule has 1 saturated carbocycles. The van der Waals surface area contributed by atoms with E-state index in [0.717, 1.165) is 25.2 Å². The van der Waals surface area contributed by atoms with Crippen LogP contribution in [0.5, 0.6) is 0 Å². The Kier molecular flexibility index (Phi) is 4.41. The molecule has 2 rings (SSSR count). The third-order valence-electron chi connectivity index (χ3n) is 4.90. The van der Waals surface area contributed by atoms with Crippen LogP contribution in [0.1, 0.15) is 39.3 Å². The molecule has 1 aliphatic rings. The normalized spacial score (nSPS) is 31.4. The van der Waals surface area contributed by atoms with E-state index in [-0.39, 0.29) is 0 Å². The third-order valence-corrected chi connectivity index (χ3v) is 5.53. The van der Waals surface area contributed by atoms with E-state index in [1.807, 2.05) is 5.51 Å². The van der Waals surface area contributed by atoms with Crippen LogP contribution in [0.4, 0.5) is 0 Å². The molecule has 0 saturated heterocycles. The van der Waals surface area contributed by atoms with E-state index in [1.165, 1.54) is 6.42 Å². The van der Waals surface area contributed by atoms with Crippen LogP contribution in [0.3, 0.4) is 0 Å². The molecule has 0 aromatic carbocycles. The molecular weight excluding hydrogens is 242 g/mol. The van der Waals surface area contributed by atoms with Crippen LogP contribution >= 0.6 is 11.3 Å². The van der Waals surface area contributed by atoms with Crippen molar-refractivity contribution >= 4 is 11.3 Å². The van der Waals surface area contributed by atoms with Gasteiger partial charge in [0.1, 0.15) is 0 Å². The molecule has 3 unspecified atom stereocenters. The van der Waals surface area contributed by atoms with Crippen LogP contribution < -0.4 is 11.1 Å². The average molecular weight is 267 g/mol. The Morgan fingerprint density at radius 2 is 2.28 bits per heavy atom. The van der Waals surface area contributed by atoms with Crippen LogP contribution in [0.25, 0.3) is 0 Å². The molecular formula is C14H25N3S. The minimum absolute atomic E-state index is 0.326. The second-order valence-corrected chi connectivity index (χ2v) is 6.88. The van der Waals surface area contributed by atoms with Crippen molar-refractivity contribution in [3.05, 3.63) is 16.6 Å². The van der Waals surface area contributed by atoms with E-state index in [1.54, 1.807) is 11.3 Å². The predicted molar refractivity (Wildman–Crippen MR) is 77.5 cm³/mol. The summed E-state index contributed by atoms with van der Waals surface area (Å²) < 4.78 is 0. The second kappa shape index (κ2) is 5.68. The molecule has 3 atom stereocenters. The zero-order valence-electron chi connectivity index (χ0n) is 11.6. The first-order chi connectivity index (χ1) is 8.51. The highest BCUT2D eigenvalue weighted by Crippen LogP contribution is 2.43. The van der Waals surface area contributed by atoms with Gasteiger partial charge in [-0.15, -0.1) is 11.3 Å². The Morgan fingerprint density at radius 1 is 1.50 bits per heavy atom. The Labute approximate surface area is 114 Å². The smallest absolute Gasteiger partial charge is 0.0795 e. The number of aromatic nitrogens is 1. The fourth-order valence-corrected chi connectivity index (χ4v) is 3.56. The molecule has 3 N–H and O–H groups in total. The standard InChI is InChI=1S/C14H25N3S/c1-10-13(15)5-4-11(14(10,2)3)6-16-7-12-8-18-9-17-12/h8-11,13,16H,4-7,15H2,1-3H3. The van der Waals surface area contributed by atoms with Crippen molar-refractivity contribution in [2.45, 2.75) is 46.2 Å². The first-order valence-corrected chi connectivity index (χ1v) is 7.79. The van der Waals surface area contributed by atoms with E-state index in [2.05, 4.69) is 36.5 Å². The zero-order valence-corrected chi connectivity index (χ0v) is 12.5. The van der Waals surface area contributed by atoms with Crippen molar-refractivity contribution in [3.63, 3.8) is 0 Å². The van der Waals surface area contributed by atoms with Crippen molar-refractivity contribution < 1.29 is 0 Å². The summed E-state index contributed by atoms with van der Waals surface area (Å²) >= 11 is 1.66. The Hall–Kier alpha value is -0.450. The second-order valence-electron chi connectivity index (χ2n) is 6.16. The molecule has 102 valence electrons. The summed E-state index contributed by atoms with van der Waals surface area (Å²) in [7, 11) is 0. The summed E-state index contributed by atoms with van der Waals surface area (Å²) in [5.41, 5.74) is 9.56. The number of nitrogens with zero attached hydrogens (tertiary/aromatic N) is 1. The lowest BCUT2D eigenvalue weighted by molar-refractivity contribution is 0.0538. The van der Waals surface area contributed by atoms with Gasteiger partial charge in [0.2, 0.25) is 0 Å². The van der Waals surface area contributed by atoms with Crippen molar-refractivity contribution in [3.8, 4) is 0 Å². The van der Waals surface area contributed by atoms with Gasteiger partial charge in [0.05, 0.1) is 11.2 Å². The largest absolute Gasteiger partial charge is 0.327 e. The van der Waals surface area contributed by atoms with Crippen molar-refractivity contribution in [2.75, 3.05) is 6.54 Å². The first-order valence-electron chi connectivity index (χ1n) is 6.85. The van der Waals surface area contributed by atoms with Gasteiger partial charge in [-0.25, -0.2) is 4.98 Å². The van der Waals surface area contributed by atoms with Gasteiger partial charge in [0.15, 0.2) is 0 Å². The lowest BCUT2D eigenvalue weighted by Gasteiger charge is -2.47. The molecule has 1 aromatic heterocycles. The Balaban J connectivity index is 1.85. The lowest BCUT2D eigenvalue weighted by Crippen LogP contribution is -2.49. The van der Waals surface area contributed by atoms with Gasteiger partial charge in [0, 0.05) is 18.0 Å². The molecule has 3 nitrogen and oxygen atoms in total. The molecule has 1 aliphatic carbocycles. The molecule has 0 radical (unpaired) electrons. The van der Waals surface area contributed by atoms with Gasteiger partial charge in [-0.3, -0.25) is 0 Å². The van der Waals surface area contributed by atoms with E-state index in [4.69, 9.17) is 5.73 Å². The third kappa shape index (κ3) is 2.92. The van der Waals surface area contributed by atoms with Gasteiger partial charge < -0.3 is 11.1 Å². The first kappa shape index (κ1) is 14.0. The summed E-state index contributed by atoms with van der Waals surface area (Å²) in [5.74, 6) is 1.31. The maximum atomic E-state index is 6.19. The average Bonchev–Trinajstić information content (AvgIpc) is 2.83. The van der Waals surface area contributed by atoms with Gasteiger partial charge in [0.25, 0.3) is 0 Å². The predicted octanol–water partition coefficient (Wildman–Crippen LogP) is 2.63. The number of nitrogens with two attached hydrogens (primary N) is 1. The summed E-state index contributed by atoms with van der Waals surface area (Å²) in [4.78, 5) is 4.30. The monoisotopic (exact) mass is 267 g/mol. The fourth-order valence-electron chi connectivity index (χ4n) is 3.00. The van der Waals surface area contributed by atoms with Crippen LogP contribution in [0, 0.1) is 17.3 Å². The van der Waals surface area contributed by atoms with E-state index in [0.29, 0.717) is 23.3 Å². The molecule has 0 amide bonds. The summed E-state index contributed by atoms with van der Waals surface area (Å²) in [6, 6.07) is 0.370. The van der Waals surface area contributed by atoms with Gasteiger partial charge in [-0.2, -0.15) is 0 Å². The molecule has 0 spiro atoms. The number of hydrogen-bond acceptors (Lipinski definition) is 4. The quantitative estimate of drug-likeness (QED) is 0.881.